The summed E-state index contributed by atoms with van der Waals surface area (Å²) in [6.07, 6.45) is 3.92. The Bertz CT molecular complexity index is 301. The number of esters is 1. The number of rotatable bonds is 6. The minimum Gasteiger partial charge on any atom is -0.466 e. The van der Waals surface area contributed by atoms with Crippen LogP contribution in [0.1, 0.15) is 59.8 Å². The molecule has 0 spiro atoms. The fourth-order valence-corrected chi connectivity index (χ4v) is 2.61. The molecule has 0 heterocycles. The topological polar surface area (TPSA) is 58.6 Å². The zero-order chi connectivity index (χ0) is 15.2. The largest absolute Gasteiger partial charge is 0.466 e. The van der Waals surface area contributed by atoms with Crippen molar-refractivity contribution in [3.8, 4) is 0 Å². The number of carbonyl (C=O) groups excluding carboxylic acids is 1. The molecule has 1 saturated carbocycles. The lowest BCUT2D eigenvalue weighted by Gasteiger charge is -2.35. The van der Waals surface area contributed by atoms with Gasteiger partial charge in [-0.3, -0.25) is 4.79 Å². The molecule has 1 rings (SSSR count). The van der Waals surface area contributed by atoms with Gasteiger partial charge in [0.2, 0.25) is 0 Å². The molecule has 0 aromatic heterocycles. The molecule has 20 heavy (non-hydrogen) atoms. The second-order valence-corrected chi connectivity index (χ2v) is 7.24. The molecule has 0 aromatic carbocycles. The Balaban J connectivity index is 2.26. The monoisotopic (exact) mass is 285 g/mol. The highest BCUT2D eigenvalue weighted by Crippen LogP contribution is 2.32. The Morgan fingerprint density at radius 1 is 1.35 bits per heavy atom. The van der Waals surface area contributed by atoms with E-state index < -0.39 is 5.60 Å². The first kappa shape index (κ1) is 17.4. The maximum absolute atomic E-state index is 11.7. The Hall–Kier alpha value is -0.610. The van der Waals surface area contributed by atoms with Gasteiger partial charge in [0.25, 0.3) is 0 Å². The minimum absolute atomic E-state index is 0.0233. The van der Waals surface area contributed by atoms with Crippen LogP contribution in [-0.2, 0) is 9.53 Å². The summed E-state index contributed by atoms with van der Waals surface area (Å²) < 4.78 is 5.05. The third kappa shape index (κ3) is 6.23. The summed E-state index contributed by atoms with van der Waals surface area (Å²) in [6, 6.07) is 0. The highest BCUT2D eigenvalue weighted by molar-refractivity contribution is 5.72. The molecule has 0 aromatic rings. The highest BCUT2D eigenvalue weighted by atomic mass is 16.5. The smallest absolute Gasteiger partial charge is 0.308 e. The second-order valence-electron chi connectivity index (χ2n) is 7.24. The van der Waals surface area contributed by atoms with Crippen LogP contribution in [0.2, 0.25) is 0 Å². The Labute approximate surface area is 123 Å². The van der Waals surface area contributed by atoms with Crippen molar-refractivity contribution in [1.82, 2.24) is 5.32 Å². The number of nitrogens with one attached hydrogen (secondary N) is 1. The first-order valence-electron chi connectivity index (χ1n) is 7.85. The molecule has 0 amide bonds. The van der Waals surface area contributed by atoms with E-state index in [9.17, 15) is 9.90 Å². The lowest BCUT2D eigenvalue weighted by molar-refractivity contribution is -0.151. The first-order chi connectivity index (χ1) is 9.26. The van der Waals surface area contributed by atoms with E-state index in [2.05, 4.69) is 26.1 Å². The predicted molar refractivity (Wildman–Crippen MR) is 80.5 cm³/mol. The summed E-state index contributed by atoms with van der Waals surface area (Å²) in [6.45, 7) is 10.5. The van der Waals surface area contributed by atoms with E-state index in [1.54, 1.807) is 0 Å². The molecule has 4 nitrogen and oxygen atoms in total. The molecule has 0 aliphatic heterocycles. The van der Waals surface area contributed by atoms with Crippen LogP contribution in [0.15, 0.2) is 0 Å². The Morgan fingerprint density at radius 2 is 1.95 bits per heavy atom. The fourth-order valence-electron chi connectivity index (χ4n) is 2.61. The van der Waals surface area contributed by atoms with Crippen molar-refractivity contribution in [1.29, 1.82) is 0 Å². The summed E-state index contributed by atoms with van der Waals surface area (Å²) in [4.78, 5) is 11.7. The van der Waals surface area contributed by atoms with Crippen molar-refractivity contribution in [3.05, 3.63) is 0 Å². The molecule has 1 aliphatic carbocycles. The zero-order valence-corrected chi connectivity index (χ0v) is 13.5. The molecule has 2 N–H and O–H groups in total. The molecular formula is C16H31NO3. The molecule has 0 atom stereocenters. The molecule has 0 bridgehead atoms. The van der Waals surface area contributed by atoms with Crippen molar-refractivity contribution >= 4 is 5.97 Å². The van der Waals surface area contributed by atoms with Gasteiger partial charge in [-0.1, -0.05) is 20.8 Å². The summed E-state index contributed by atoms with van der Waals surface area (Å²) in [5, 5.41) is 13.9. The van der Waals surface area contributed by atoms with Crippen LogP contribution in [0.3, 0.4) is 0 Å². The summed E-state index contributed by atoms with van der Waals surface area (Å²) in [5.41, 5.74) is -0.335. The van der Waals surface area contributed by atoms with Crippen molar-refractivity contribution in [3.63, 3.8) is 0 Å². The number of hydrogen-bond donors (Lipinski definition) is 2. The standard InChI is InChI=1S/C16H31NO3/c1-5-20-14(18)13-6-8-16(19,9-7-13)12-17-11-10-15(2,3)4/h13,17,19H,5-12H2,1-4H3. The summed E-state index contributed by atoms with van der Waals surface area (Å²) in [5.74, 6) is -0.125. The van der Waals surface area contributed by atoms with Gasteiger partial charge in [0.15, 0.2) is 0 Å². The minimum atomic E-state index is -0.652. The van der Waals surface area contributed by atoms with Gasteiger partial charge < -0.3 is 15.2 Å². The molecule has 0 saturated heterocycles. The molecule has 118 valence electrons. The second kappa shape index (κ2) is 7.41. The molecular weight excluding hydrogens is 254 g/mol. The van der Waals surface area contributed by atoms with Gasteiger partial charge >= 0.3 is 5.97 Å². The van der Waals surface area contributed by atoms with Gasteiger partial charge in [-0.2, -0.15) is 0 Å². The average molecular weight is 285 g/mol. The third-order valence-corrected chi connectivity index (χ3v) is 4.04. The third-order valence-electron chi connectivity index (χ3n) is 4.04. The molecule has 1 fully saturated rings. The number of carbonyl (C=O) groups is 1. The molecule has 0 radical (unpaired) electrons. The van der Waals surface area contributed by atoms with Crippen molar-refractivity contribution in [2.75, 3.05) is 19.7 Å². The van der Waals surface area contributed by atoms with Crippen LogP contribution in [0.4, 0.5) is 0 Å². The van der Waals surface area contributed by atoms with E-state index in [1.165, 1.54) is 0 Å². The van der Waals surface area contributed by atoms with Crippen molar-refractivity contribution in [2.45, 2.75) is 65.4 Å². The predicted octanol–water partition coefficient (Wildman–Crippen LogP) is 2.50. The van der Waals surface area contributed by atoms with E-state index in [-0.39, 0.29) is 11.9 Å². The maximum atomic E-state index is 11.7. The molecule has 0 unspecified atom stereocenters. The van der Waals surface area contributed by atoms with Crippen LogP contribution in [0, 0.1) is 11.3 Å². The Morgan fingerprint density at radius 3 is 2.45 bits per heavy atom. The molecule has 1 aliphatic rings. The van der Waals surface area contributed by atoms with Crippen LogP contribution in [0.5, 0.6) is 0 Å². The van der Waals surface area contributed by atoms with Gasteiger partial charge in [0.1, 0.15) is 0 Å². The highest BCUT2D eigenvalue weighted by Gasteiger charge is 2.36. The van der Waals surface area contributed by atoms with Crippen LogP contribution in [0.25, 0.3) is 0 Å². The summed E-state index contributed by atoms with van der Waals surface area (Å²) >= 11 is 0. The van der Waals surface area contributed by atoms with Crippen LogP contribution < -0.4 is 5.32 Å². The molecule has 4 heteroatoms. The van der Waals surface area contributed by atoms with Gasteiger partial charge in [0.05, 0.1) is 18.1 Å². The van der Waals surface area contributed by atoms with E-state index >= 15 is 0 Å². The summed E-state index contributed by atoms with van der Waals surface area (Å²) in [7, 11) is 0. The Kier molecular flexibility index (Phi) is 6.46. The first-order valence-corrected chi connectivity index (χ1v) is 7.85. The number of aliphatic hydroxyl groups is 1. The van der Waals surface area contributed by atoms with Gasteiger partial charge in [-0.05, 0) is 51.0 Å². The normalized spacial score (nSPS) is 27.4. The average Bonchev–Trinajstić information content (AvgIpc) is 2.35. The van der Waals surface area contributed by atoms with E-state index in [1.807, 2.05) is 6.92 Å². The number of ether oxygens (including phenoxy) is 1. The fraction of sp³-hybridized carbons (Fsp3) is 0.938. The van der Waals surface area contributed by atoms with Gasteiger partial charge in [-0.25, -0.2) is 0 Å². The van der Waals surface area contributed by atoms with Crippen LogP contribution >= 0.6 is 0 Å². The number of hydrogen-bond acceptors (Lipinski definition) is 4. The SMILES string of the molecule is CCOC(=O)C1CCC(O)(CNCCC(C)(C)C)CC1. The van der Waals surface area contributed by atoms with E-state index in [0.29, 0.717) is 31.4 Å². The van der Waals surface area contributed by atoms with E-state index in [4.69, 9.17) is 4.74 Å². The van der Waals surface area contributed by atoms with Gasteiger partial charge in [0, 0.05) is 6.54 Å². The van der Waals surface area contributed by atoms with Crippen molar-refractivity contribution < 1.29 is 14.6 Å². The lowest BCUT2D eigenvalue weighted by atomic mass is 9.78. The van der Waals surface area contributed by atoms with Gasteiger partial charge in [-0.15, -0.1) is 0 Å². The van der Waals surface area contributed by atoms with Crippen LogP contribution in [-0.4, -0.2) is 36.4 Å². The van der Waals surface area contributed by atoms with Crippen molar-refractivity contribution in [2.24, 2.45) is 11.3 Å². The van der Waals surface area contributed by atoms with E-state index in [0.717, 1.165) is 25.8 Å². The lowest BCUT2D eigenvalue weighted by Crippen LogP contribution is -2.45. The maximum Gasteiger partial charge on any atom is 0.308 e. The zero-order valence-electron chi connectivity index (χ0n) is 13.5. The quantitative estimate of drug-likeness (QED) is 0.581.